The molecule has 0 aliphatic carbocycles. The molecule has 4 nitrogen and oxygen atoms in total. The Balaban J connectivity index is 1.62. The molecule has 0 fully saturated rings. The lowest BCUT2D eigenvalue weighted by Crippen LogP contribution is -1.98. The number of fused-ring (bicyclic) bond motifs is 6. The molecule has 2 heterocycles. The van der Waals surface area contributed by atoms with Crippen molar-refractivity contribution in [2.24, 2.45) is 0 Å². The van der Waals surface area contributed by atoms with E-state index < -0.39 is 0 Å². The van der Waals surface area contributed by atoms with Gasteiger partial charge in [-0.05, 0) is 53.6 Å². The topological polar surface area (TPSA) is 18.6 Å². The lowest BCUT2D eigenvalue weighted by molar-refractivity contribution is 1.17. The van der Waals surface area contributed by atoms with Crippen molar-refractivity contribution in [3.63, 3.8) is 0 Å². The minimum atomic E-state index is 0.467. The lowest BCUT2D eigenvalue weighted by Gasteiger charge is -2.17. The van der Waals surface area contributed by atoms with Crippen molar-refractivity contribution >= 4 is 55.0 Å². The molecule has 0 saturated carbocycles. The van der Waals surface area contributed by atoms with Gasteiger partial charge in [-0.25, -0.2) is 9.69 Å². The molecular formula is C38H22N4. The van der Waals surface area contributed by atoms with Gasteiger partial charge < -0.3 is 9.13 Å². The van der Waals surface area contributed by atoms with Gasteiger partial charge in [0.1, 0.15) is 0 Å². The van der Waals surface area contributed by atoms with Crippen LogP contribution in [0.3, 0.4) is 0 Å². The summed E-state index contributed by atoms with van der Waals surface area (Å²) in [7, 11) is 0. The molecular weight excluding hydrogens is 512 g/mol. The van der Waals surface area contributed by atoms with E-state index in [0.29, 0.717) is 16.9 Å². The fraction of sp³-hybridized carbons (Fsp3) is 0. The zero-order valence-electron chi connectivity index (χ0n) is 22.5. The van der Waals surface area contributed by atoms with Gasteiger partial charge in [0.2, 0.25) is 0 Å². The average Bonchev–Trinajstić information content (AvgIpc) is 3.57. The van der Waals surface area contributed by atoms with Crippen LogP contribution in [0.15, 0.2) is 133 Å². The van der Waals surface area contributed by atoms with Crippen molar-refractivity contribution < 1.29 is 0 Å². The second-order valence-electron chi connectivity index (χ2n) is 10.3. The van der Waals surface area contributed by atoms with Crippen LogP contribution in [-0.2, 0) is 0 Å². The molecule has 42 heavy (non-hydrogen) atoms. The van der Waals surface area contributed by atoms with Crippen LogP contribution >= 0.6 is 0 Å². The quantitative estimate of drug-likeness (QED) is 0.201. The van der Waals surface area contributed by atoms with Crippen molar-refractivity contribution in [3.8, 4) is 22.5 Å². The third-order valence-electron chi connectivity index (χ3n) is 8.14. The van der Waals surface area contributed by atoms with Crippen molar-refractivity contribution in [1.82, 2.24) is 9.13 Å². The van der Waals surface area contributed by atoms with Crippen LogP contribution in [0.2, 0.25) is 0 Å². The summed E-state index contributed by atoms with van der Waals surface area (Å²) >= 11 is 0. The van der Waals surface area contributed by atoms with E-state index in [0.717, 1.165) is 49.8 Å². The number of para-hydroxylation sites is 4. The van der Waals surface area contributed by atoms with Crippen molar-refractivity contribution in [1.29, 1.82) is 0 Å². The predicted molar refractivity (Wildman–Crippen MR) is 173 cm³/mol. The van der Waals surface area contributed by atoms with Gasteiger partial charge in [0.05, 0.1) is 35.2 Å². The SMILES string of the molecule is [C-]#[N+]c1cccc([N+]#[C-])c1-c1cc(-n2c3ccccc3c3ccccc32)cc2c3ccccc3n(-c3ccccc3)c12. The Kier molecular flexibility index (Phi) is 5.22. The van der Waals surface area contributed by atoms with E-state index in [4.69, 9.17) is 13.1 Å². The first kappa shape index (κ1) is 23.8. The van der Waals surface area contributed by atoms with Gasteiger partial charge in [0, 0.05) is 32.9 Å². The molecule has 8 aromatic rings. The van der Waals surface area contributed by atoms with Gasteiger partial charge >= 0.3 is 0 Å². The summed E-state index contributed by atoms with van der Waals surface area (Å²) in [5, 5.41) is 4.55. The molecule has 8 rings (SSSR count). The molecule has 0 aliphatic heterocycles. The summed E-state index contributed by atoms with van der Waals surface area (Å²) < 4.78 is 4.57. The number of aromatic nitrogens is 2. The van der Waals surface area contributed by atoms with Crippen LogP contribution in [0.5, 0.6) is 0 Å². The summed E-state index contributed by atoms with van der Waals surface area (Å²) in [5.74, 6) is 0. The largest absolute Gasteiger partial charge is 0.309 e. The molecule has 194 valence electrons. The van der Waals surface area contributed by atoms with Crippen molar-refractivity contribution in [3.05, 3.63) is 156 Å². The monoisotopic (exact) mass is 534 g/mol. The third-order valence-corrected chi connectivity index (χ3v) is 8.14. The van der Waals surface area contributed by atoms with Gasteiger partial charge in [-0.2, -0.15) is 0 Å². The van der Waals surface area contributed by atoms with Gasteiger partial charge in [-0.15, -0.1) is 0 Å². The second kappa shape index (κ2) is 9.24. The smallest absolute Gasteiger partial charge is 0.184 e. The van der Waals surface area contributed by atoms with Crippen LogP contribution in [0, 0.1) is 13.1 Å². The molecule has 0 atom stereocenters. The maximum Gasteiger partial charge on any atom is 0.184 e. The fourth-order valence-electron chi connectivity index (χ4n) is 6.44. The molecule has 6 aromatic carbocycles. The Labute approximate surface area is 242 Å². The summed E-state index contributed by atoms with van der Waals surface area (Å²) in [5.41, 5.74) is 8.75. The van der Waals surface area contributed by atoms with E-state index in [9.17, 15) is 0 Å². The molecule has 0 saturated heterocycles. The molecule has 0 radical (unpaired) electrons. The molecule has 2 aromatic heterocycles. The number of hydrogen-bond acceptors (Lipinski definition) is 0. The van der Waals surface area contributed by atoms with Gasteiger partial charge in [-0.1, -0.05) is 91.0 Å². The van der Waals surface area contributed by atoms with Crippen LogP contribution in [0.1, 0.15) is 0 Å². The molecule has 0 N–H and O–H groups in total. The molecule has 0 bridgehead atoms. The highest BCUT2D eigenvalue weighted by Gasteiger charge is 2.23. The summed E-state index contributed by atoms with van der Waals surface area (Å²) in [6.45, 7) is 16.1. The Morgan fingerprint density at radius 3 is 1.50 bits per heavy atom. The number of hydrogen-bond donors (Lipinski definition) is 0. The molecule has 0 aliphatic rings. The van der Waals surface area contributed by atoms with Gasteiger partial charge in [-0.3, -0.25) is 0 Å². The maximum atomic E-state index is 8.06. The predicted octanol–water partition coefficient (Wildman–Crippen LogP) is 10.6. The molecule has 0 unspecified atom stereocenters. The number of nitrogens with zero attached hydrogens (tertiary/aromatic N) is 4. The highest BCUT2D eigenvalue weighted by Crippen LogP contribution is 2.47. The maximum absolute atomic E-state index is 8.06. The average molecular weight is 535 g/mol. The first-order valence-corrected chi connectivity index (χ1v) is 13.8. The van der Waals surface area contributed by atoms with Gasteiger partial charge in [0.25, 0.3) is 0 Å². The van der Waals surface area contributed by atoms with E-state index in [1.54, 1.807) is 6.07 Å². The normalized spacial score (nSPS) is 11.3. The number of benzene rings is 6. The molecule has 0 amide bonds. The lowest BCUT2D eigenvalue weighted by atomic mass is 9.97. The molecule has 4 heteroatoms. The standard InChI is InChI=1S/C38H22N4/c1-39-32-18-12-19-33(40-2)37(32)31-24-26(41-34-20-9-6-15-27(34)28-16-7-10-21-35(28)41)23-30-29-17-8-11-22-36(29)42(38(30)31)25-13-4-3-5-14-25/h3-24H. The zero-order chi connectivity index (χ0) is 28.2. The number of rotatable bonds is 3. The first-order chi connectivity index (χ1) is 20.8. The minimum absolute atomic E-state index is 0.467. The van der Waals surface area contributed by atoms with Crippen LogP contribution in [-0.4, -0.2) is 9.13 Å². The van der Waals surface area contributed by atoms with Crippen LogP contribution in [0.4, 0.5) is 11.4 Å². The minimum Gasteiger partial charge on any atom is -0.309 e. The summed E-state index contributed by atoms with van der Waals surface area (Å²) in [6.07, 6.45) is 0. The summed E-state index contributed by atoms with van der Waals surface area (Å²) in [6, 6.07) is 45.5. The van der Waals surface area contributed by atoms with E-state index in [1.807, 2.05) is 30.3 Å². The Bertz CT molecular complexity index is 2340. The third kappa shape index (κ3) is 3.33. The van der Waals surface area contributed by atoms with E-state index >= 15 is 0 Å². The fourth-order valence-corrected chi connectivity index (χ4v) is 6.44. The van der Waals surface area contributed by atoms with E-state index in [-0.39, 0.29) is 0 Å². The Morgan fingerprint density at radius 2 is 0.929 bits per heavy atom. The van der Waals surface area contributed by atoms with Crippen molar-refractivity contribution in [2.45, 2.75) is 0 Å². The Morgan fingerprint density at radius 1 is 0.429 bits per heavy atom. The summed E-state index contributed by atoms with van der Waals surface area (Å²) in [4.78, 5) is 7.80. The van der Waals surface area contributed by atoms with Crippen LogP contribution < -0.4 is 0 Å². The van der Waals surface area contributed by atoms with E-state index in [2.05, 4.69) is 116 Å². The van der Waals surface area contributed by atoms with Crippen molar-refractivity contribution in [2.75, 3.05) is 0 Å². The van der Waals surface area contributed by atoms with Crippen LogP contribution in [0.25, 0.3) is 75.8 Å². The molecule has 0 spiro atoms. The second-order valence-corrected chi connectivity index (χ2v) is 10.3. The highest BCUT2D eigenvalue weighted by molar-refractivity contribution is 6.17. The highest BCUT2D eigenvalue weighted by atomic mass is 15.0. The van der Waals surface area contributed by atoms with Gasteiger partial charge in [0.15, 0.2) is 11.4 Å². The zero-order valence-corrected chi connectivity index (χ0v) is 22.5. The Hall–Kier alpha value is -6.10. The van der Waals surface area contributed by atoms with E-state index in [1.165, 1.54) is 10.8 Å². The first-order valence-electron chi connectivity index (χ1n) is 13.8.